The van der Waals surface area contributed by atoms with E-state index in [9.17, 15) is 8.42 Å². The van der Waals surface area contributed by atoms with Gasteiger partial charge in [-0.15, -0.1) is 0 Å². The number of ether oxygens (including phenoxy) is 1. The van der Waals surface area contributed by atoms with Crippen molar-refractivity contribution in [3.05, 3.63) is 41.3 Å². The number of nitrogens with zero attached hydrogens (tertiary/aromatic N) is 2. The molecule has 0 N–H and O–H groups in total. The Balaban J connectivity index is 1.98. The fraction of sp³-hybridized carbons (Fsp3) is 0.438. The van der Waals surface area contributed by atoms with Gasteiger partial charge in [0.1, 0.15) is 11.5 Å². The largest absolute Gasteiger partial charge is 0.497 e. The van der Waals surface area contributed by atoms with Crippen LogP contribution in [0.4, 0.5) is 0 Å². The topological polar surface area (TPSA) is 72.6 Å². The number of methoxy groups -OCH3 is 1. The monoisotopic (exact) mass is 336 g/mol. The average Bonchev–Trinajstić information content (AvgIpc) is 3.14. The molecule has 6 nitrogen and oxygen atoms in total. The van der Waals surface area contributed by atoms with Gasteiger partial charge >= 0.3 is 0 Å². The van der Waals surface area contributed by atoms with Crippen LogP contribution in [-0.4, -0.2) is 31.5 Å². The van der Waals surface area contributed by atoms with E-state index in [1.54, 1.807) is 35.7 Å². The van der Waals surface area contributed by atoms with Gasteiger partial charge in [0.25, 0.3) is 0 Å². The second-order valence-corrected chi connectivity index (χ2v) is 7.58. The summed E-state index contributed by atoms with van der Waals surface area (Å²) in [5.74, 6) is 1.32. The minimum atomic E-state index is -3.56. The first-order chi connectivity index (χ1) is 10.9. The number of rotatable bonds is 4. The highest BCUT2D eigenvalue weighted by Crippen LogP contribution is 2.39. The fourth-order valence-electron chi connectivity index (χ4n) is 3.17. The van der Waals surface area contributed by atoms with Crippen molar-refractivity contribution in [1.29, 1.82) is 0 Å². The van der Waals surface area contributed by atoms with Gasteiger partial charge in [0.05, 0.1) is 23.7 Å². The molecule has 1 aliphatic heterocycles. The van der Waals surface area contributed by atoms with Gasteiger partial charge in [0.2, 0.25) is 10.0 Å². The molecule has 0 bridgehead atoms. The molecule has 124 valence electrons. The molecule has 0 saturated carbocycles. The molecule has 1 atom stereocenters. The van der Waals surface area contributed by atoms with Crippen LogP contribution < -0.4 is 4.74 Å². The highest BCUT2D eigenvalue weighted by Gasteiger charge is 2.38. The maximum Gasteiger partial charge on any atom is 0.243 e. The highest BCUT2D eigenvalue weighted by molar-refractivity contribution is 7.89. The quantitative estimate of drug-likeness (QED) is 0.858. The Morgan fingerprint density at radius 2 is 1.96 bits per heavy atom. The molecule has 0 spiro atoms. The van der Waals surface area contributed by atoms with Crippen molar-refractivity contribution in [2.75, 3.05) is 13.7 Å². The zero-order chi connectivity index (χ0) is 16.6. The van der Waals surface area contributed by atoms with Gasteiger partial charge in [-0.2, -0.15) is 4.31 Å². The van der Waals surface area contributed by atoms with E-state index >= 15 is 0 Å². The standard InChI is InChI=1S/C16H20N2O4S/c1-11-16(12(2)22-17-11)15-5-4-10-18(15)23(19,20)14-8-6-13(21-3)7-9-14/h6-9,15H,4-5,10H2,1-3H3/t15-/m1/s1. The van der Waals surface area contributed by atoms with Crippen LogP contribution in [0.3, 0.4) is 0 Å². The zero-order valence-electron chi connectivity index (χ0n) is 13.4. The molecule has 1 saturated heterocycles. The van der Waals surface area contributed by atoms with Crippen LogP contribution in [-0.2, 0) is 10.0 Å². The molecule has 0 unspecified atom stereocenters. The van der Waals surface area contributed by atoms with Crippen molar-refractivity contribution in [1.82, 2.24) is 9.46 Å². The Bertz CT molecular complexity index is 776. The SMILES string of the molecule is COc1ccc(S(=O)(=O)N2CCC[C@@H]2c2c(C)noc2C)cc1. The van der Waals surface area contributed by atoms with Crippen LogP contribution in [0.25, 0.3) is 0 Å². The van der Waals surface area contributed by atoms with E-state index in [1.165, 1.54) is 0 Å². The normalized spacial score (nSPS) is 19.2. The molecule has 1 aliphatic rings. The lowest BCUT2D eigenvalue weighted by atomic mass is 10.0. The van der Waals surface area contributed by atoms with E-state index in [-0.39, 0.29) is 10.9 Å². The van der Waals surface area contributed by atoms with Crippen molar-refractivity contribution in [2.24, 2.45) is 0 Å². The Kier molecular flexibility index (Phi) is 4.16. The maximum absolute atomic E-state index is 13.0. The van der Waals surface area contributed by atoms with E-state index in [0.717, 1.165) is 24.1 Å². The number of hydrogen-bond donors (Lipinski definition) is 0. The van der Waals surface area contributed by atoms with Gasteiger partial charge in [-0.3, -0.25) is 0 Å². The molecule has 2 aromatic rings. The van der Waals surface area contributed by atoms with Crippen molar-refractivity contribution >= 4 is 10.0 Å². The smallest absolute Gasteiger partial charge is 0.243 e. The number of aryl methyl sites for hydroxylation is 2. The number of benzene rings is 1. The van der Waals surface area contributed by atoms with Crippen LogP contribution in [0.1, 0.15) is 35.9 Å². The third kappa shape index (κ3) is 2.74. The summed E-state index contributed by atoms with van der Waals surface area (Å²) in [6.45, 7) is 4.18. The molecule has 1 aromatic heterocycles. The summed E-state index contributed by atoms with van der Waals surface area (Å²) >= 11 is 0. The fourth-order valence-corrected chi connectivity index (χ4v) is 4.83. The van der Waals surface area contributed by atoms with Gasteiger partial charge in [-0.05, 0) is 51.0 Å². The third-order valence-corrected chi connectivity index (χ3v) is 6.21. The first kappa shape index (κ1) is 16.0. The van der Waals surface area contributed by atoms with Crippen LogP contribution in [0.2, 0.25) is 0 Å². The van der Waals surface area contributed by atoms with E-state index < -0.39 is 10.0 Å². The molecule has 7 heteroatoms. The molecule has 0 radical (unpaired) electrons. The average molecular weight is 336 g/mol. The summed E-state index contributed by atoms with van der Waals surface area (Å²) in [5.41, 5.74) is 1.64. The molecule has 3 rings (SSSR count). The van der Waals surface area contributed by atoms with Crippen molar-refractivity contribution in [3.63, 3.8) is 0 Å². The maximum atomic E-state index is 13.0. The molecule has 0 aliphatic carbocycles. The summed E-state index contributed by atoms with van der Waals surface area (Å²) in [5, 5.41) is 3.96. The minimum absolute atomic E-state index is 0.214. The molecule has 23 heavy (non-hydrogen) atoms. The first-order valence-electron chi connectivity index (χ1n) is 7.54. The van der Waals surface area contributed by atoms with E-state index in [1.807, 2.05) is 13.8 Å². The van der Waals surface area contributed by atoms with Crippen molar-refractivity contribution < 1.29 is 17.7 Å². The molecule has 2 heterocycles. The van der Waals surface area contributed by atoms with Crippen LogP contribution in [0.15, 0.2) is 33.7 Å². The number of sulfonamides is 1. The predicted octanol–water partition coefficient (Wildman–Crippen LogP) is 2.83. The summed E-state index contributed by atoms with van der Waals surface area (Å²) < 4.78 is 37.9. The Labute approximate surface area is 136 Å². The van der Waals surface area contributed by atoms with Gasteiger partial charge in [0.15, 0.2) is 0 Å². The van der Waals surface area contributed by atoms with Crippen LogP contribution in [0.5, 0.6) is 5.75 Å². The molecule has 1 fully saturated rings. The second kappa shape index (κ2) is 5.98. The first-order valence-corrected chi connectivity index (χ1v) is 8.98. The number of hydrogen-bond acceptors (Lipinski definition) is 5. The lowest BCUT2D eigenvalue weighted by molar-refractivity contribution is 0.376. The molecule has 1 aromatic carbocycles. The number of aromatic nitrogens is 1. The lowest BCUT2D eigenvalue weighted by Gasteiger charge is -2.24. The van der Waals surface area contributed by atoms with Gasteiger partial charge < -0.3 is 9.26 Å². The van der Waals surface area contributed by atoms with Crippen LogP contribution >= 0.6 is 0 Å². The zero-order valence-corrected chi connectivity index (χ0v) is 14.3. The van der Waals surface area contributed by atoms with E-state index in [2.05, 4.69) is 5.16 Å². The minimum Gasteiger partial charge on any atom is -0.497 e. The van der Waals surface area contributed by atoms with E-state index in [0.29, 0.717) is 18.1 Å². The summed E-state index contributed by atoms with van der Waals surface area (Å²) in [4.78, 5) is 0.275. The lowest BCUT2D eigenvalue weighted by Crippen LogP contribution is -2.31. The molecular formula is C16H20N2O4S. The Morgan fingerprint density at radius 1 is 1.26 bits per heavy atom. The molecular weight excluding hydrogens is 316 g/mol. The second-order valence-electron chi connectivity index (χ2n) is 5.69. The van der Waals surface area contributed by atoms with Crippen molar-refractivity contribution in [2.45, 2.75) is 37.6 Å². The summed E-state index contributed by atoms with van der Waals surface area (Å²) in [7, 11) is -2.01. The van der Waals surface area contributed by atoms with Crippen molar-refractivity contribution in [3.8, 4) is 5.75 Å². The predicted molar refractivity (Wildman–Crippen MR) is 84.8 cm³/mol. The highest BCUT2D eigenvalue weighted by atomic mass is 32.2. The third-order valence-electron chi connectivity index (χ3n) is 4.29. The van der Waals surface area contributed by atoms with Crippen LogP contribution in [0, 0.1) is 13.8 Å². The summed E-state index contributed by atoms with van der Waals surface area (Å²) in [6.07, 6.45) is 1.60. The Hall–Kier alpha value is -1.86. The molecule has 0 amide bonds. The van der Waals surface area contributed by atoms with E-state index in [4.69, 9.17) is 9.26 Å². The van der Waals surface area contributed by atoms with Gasteiger partial charge in [0, 0.05) is 12.1 Å². The Morgan fingerprint density at radius 3 is 2.52 bits per heavy atom. The van der Waals surface area contributed by atoms with Gasteiger partial charge in [-0.1, -0.05) is 5.16 Å². The van der Waals surface area contributed by atoms with Gasteiger partial charge in [-0.25, -0.2) is 8.42 Å². The summed E-state index contributed by atoms with van der Waals surface area (Å²) in [6, 6.07) is 6.27.